The molecular formula is C12H16ClN. The highest BCUT2D eigenvalue weighted by atomic mass is 35.5. The van der Waals surface area contributed by atoms with Gasteiger partial charge in [0.25, 0.3) is 0 Å². The maximum Gasteiger partial charge on any atom is 0.0409 e. The summed E-state index contributed by atoms with van der Waals surface area (Å²) in [5.74, 6) is 0. The Balaban J connectivity index is 2.33. The number of halogens is 1. The minimum Gasteiger partial charge on any atom is -0.310 e. The van der Waals surface area contributed by atoms with E-state index in [0.717, 1.165) is 18.0 Å². The van der Waals surface area contributed by atoms with Gasteiger partial charge >= 0.3 is 0 Å². The average molecular weight is 210 g/mol. The fourth-order valence-electron chi connectivity index (χ4n) is 2.16. The second kappa shape index (κ2) is 4.33. The Morgan fingerprint density at radius 2 is 2.36 bits per heavy atom. The summed E-state index contributed by atoms with van der Waals surface area (Å²) in [4.78, 5) is 0. The normalized spacial score (nSPS) is 21.4. The maximum absolute atomic E-state index is 6.02. The Hall–Kier alpha value is -0.530. The first-order valence-corrected chi connectivity index (χ1v) is 5.70. The van der Waals surface area contributed by atoms with E-state index in [1.807, 2.05) is 6.07 Å². The van der Waals surface area contributed by atoms with Crippen molar-refractivity contribution in [2.75, 3.05) is 6.54 Å². The van der Waals surface area contributed by atoms with E-state index in [2.05, 4.69) is 24.4 Å². The second-order valence-electron chi connectivity index (χ2n) is 3.85. The summed E-state index contributed by atoms with van der Waals surface area (Å²) in [6, 6.07) is 6.78. The van der Waals surface area contributed by atoms with E-state index in [0.29, 0.717) is 6.04 Å². The predicted octanol–water partition coefficient (Wildman–Crippen LogP) is 3.33. The van der Waals surface area contributed by atoms with Gasteiger partial charge in [-0.05, 0) is 49.1 Å². The van der Waals surface area contributed by atoms with Crippen molar-refractivity contribution >= 4 is 11.6 Å². The van der Waals surface area contributed by atoms with E-state index in [1.54, 1.807) is 0 Å². The lowest BCUT2D eigenvalue weighted by atomic mass is 9.98. The Labute approximate surface area is 90.5 Å². The summed E-state index contributed by atoms with van der Waals surface area (Å²) < 4.78 is 0. The fourth-order valence-corrected chi connectivity index (χ4v) is 2.34. The molecule has 1 fully saturated rings. The molecule has 1 aliphatic heterocycles. The lowest BCUT2D eigenvalue weighted by molar-refractivity contribution is 0.641. The van der Waals surface area contributed by atoms with Gasteiger partial charge in [0.2, 0.25) is 0 Å². The summed E-state index contributed by atoms with van der Waals surface area (Å²) in [5, 5.41) is 4.37. The molecule has 14 heavy (non-hydrogen) atoms. The van der Waals surface area contributed by atoms with Crippen molar-refractivity contribution in [2.45, 2.75) is 32.2 Å². The summed E-state index contributed by atoms with van der Waals surface area (Å²) in [5.41, 5.74) is 2.83. The van der Waals surface area contributed by atoms with E-state index in [4.69, 9.17) is 11.6 Å². The summed E-state index contributed by atoms with van der Waals surface area (Å²) in [6.45, 7) is 3.34. The minimum absolute atomic E-state index is 0.531. The molecule has 1 nitrogen and oxygen atoms in total. The SMILES string of the molecule is CCc1ccc(Cl)cc1[C@H]1CCCN1. The summed E-state index contributed by atoms with van der Waals surface area (Å²) >= 11 is 6.02. The maximum atomic E-state index is 6.02. The van der Waals surface area contributed by atoms with Crippen molar-refractivity contribution in [1.82, 2.24) is 5.32 Å². The highest BCUT2D eigenvalue weighted by molar-refractivity contribution is 6.30. The lowest BCUT2D eigenvalue weighted by Crippen LogP contribution is -2.14. The number of rotatable bonds is 2. The molecule has 1 saturated heterocycles. The Bertz CT molecular complexity index is 316. The molecule has 1 aromatic carbocycles. The van der Waals surface area contributed by atoms with Crippen LogP contribution >= 0.6 is 11.6 Å². The molecule has 0 saturated carbocycles. The number of nitrogens with one attached hydrogen (secondary N) is 1. The van der Waals surface area contributed by atoms with Gasteiger partial charge in [-0.3, -0.25) is 0 Å². The molecule has 0 amide bonds. The van der Waals surface area contributed by atoms with Gasteiger partial charge in [0.15, 0.2) is 0 Å². The number of benzene rings is 1. The molecule has 76 valence electrons. The number of hydrogen-bond acceptors (Lipinski definition) is 1. The van der Waals surface area contributed by atoms with Gasteiger partial charge in [-0.2, -0.15) is 0 Å². The van der Waals surface area contributed by atoms with Gasteiger partial charge in [-0.25, -0.2) is 0 Å². The van der Waals surface area contributed by atoms with Crippen LogP contribution in [0.1, 0.15) is 36.9 Å². The molecule has 0 spiro atoms. The van der Waals surface area contributed by atoms with Crippen LogP contribution < -0.4 is 5.32 Å². The molecule has 2 rings (SSSR count). The predicted molar refractivity (Wildman–Crippen MR) is 60.8 cm³/mol. The smallest absolute Gasteiger partial charge is 0.0409 e. The van der Waals surface area contributed by atoms with Crippen molar-refractivity contribution < 1.29 is 0 Å². The van der Waals surface area contributed by atoms with E-state index >= 15 is 0 Å². The molecule has 0 unspecified atom stereocenters. The third kappa shape index (κ3) is 1.94. The van der Waals surface area contributed by atoms with Crippen molar-refractivity contribution in [3.63, 3.8) is 0 Å². The summed E-state index contributed by atoms with van der Waals surface area (Å²) in [6.07, 6.45) is 3.61. The van der Waals surface area contributed by atoms with Crippen LogP contribution in [0.2, 0.25) is 5.02 Å². The molecule has 1 atom stereocenters. The zero-order valence-corrected chi connectivity index (χ0v) is 9.27. The van der Waals surface area contributed by atoms with E-state index in [9.17, 15) is 0 Å². The summed E-state index contributed by atoms with van der Waals surface area (Å²) in [7, 11) is 0. The van der Waals surface area contributed by atoms with Crippen molar-refractivity contribution in [3.05, 3.63) is 34.3 Å². The lowest BCUT2D eigenvalue weighted by Gasteiger charge is -2.15. The molecule has 0 aromatic heterocycles. The van der Waals surface area contributed by atoms with Gasteiger partial charge in [0.1, 0.15) is 0 Å². The van der Waals surface area contributed by atoms with Gasteiger partial charge in [0, 0.05) is 11.1 Å². The fraction of sp³-hybridized carbons (Fsp3) is 0.500. The molecule has 1 aliphatic rings. The molecule has 1 aromatic rings. The molecule has 1 heterocycles. The van der Waals surface area contributed by atoms with Crippen LogP contribution in [0, 0.1) is 0 Å². The van der Waals surface area contributed by atoms with E-state index in [-0.39, 0.29) is 0 Å². The number of aryl methyl sites for hydroxylation is 1. The van der Waals surface area contributed by atoms with E-state index in [1.165, 1.54) is 24.0 Å². The zero-order chi connectivity index (χ0) is 9.97. The average Bonchev–Trinajstić information content (AvgIpc) is 2.70. The van der Waals surface area contributed by atoms with Gasteiger partial charge in [0.05, 0.1) is 0 Å². The first-order chi connectivity index (χ1) is 6.81. The highest BCUT2D eigenvalue weighted by Crippen LogP contribution is 2.28. The topological polar surface area (TPSA) is 12.0 Å². The quantitative estimate of drug-likeness (QED) is 0.788. The molecule has 2 heteroatoms. The van der Waals surface area contributed by atoms with Crippen LogP contribution in [0.5, 0.6) is 0 Å². The number of hydrogen-bond donors (Lipinski definition) is 1. The molecule has 0 aliphatic carbocycles. The molecular weight excluding hydrogens is 194 g/mol. The van der Waals surface area contributed by atoms with Crippen LogP contribution in [-0.2, 0) is 6.42 Å². The van der Waals surface area contributed by atoms with E-state index < -0.39 is 0 Å². The van der Waals surface area contributed by atoms with Crippen LogP contribution in [0.3, 0.4) is 0 Å². The Morgan fingerprint density at radius 1 is 1.50 bits per heavy atom. The second-order valence-corrected chi connectivity index (χ2v) is 4.28. The largest absolute Gasteiger partial charge is 0.310 e. The molecule has 0 bridgehead atoms. The molecule has 1 N–H and O–H groups in total. The van der Waals surface area contributed by atoms with Crippen molar-refractivity contribution in [2.24, 2.45) is 0 Å². The zero-order valence-electron chi connectivity index (χ0n) is 8.52. The Morgan fingerprint density at radius 3 is 3.00 bits per heavy atom. The van der Waals surface area contributed by atoms with Crippen LogP contribution in [0.4, 0.5) is 0 Å². The monoisotopic (exact) mass is 209 g/mol. The minimum atomic E-state index is 0.531. The third-order valence-corrected chi connectivity index (χ3v) is 3.16. The standard InChI is InChI=1S/C12H16ClN/c1-2-9-5-6-10(13)8-11(9)12-4-3-7-14-12/h5-6,8,12,14H,2-4,7H2,1H3/t12-/m1/s1. The van der Waals surface area contributed by atoms with Crippen LogP contribution in [0.25, 0.3) is 0 Å². The first kappa shape index (κ1) is 10.0. The highest BCUT2D eigenvalue weighted by Gasteiger charge is 2.18. The van der Waals surface area contributed by atoms with Crippen molar-refractivity contribution in [3.8, 4) is 0 Å². The third-order valence-electron chi connectivity index (χ3n) is 2.92. The van der Waals surface area contributed by atoms with Crippen LogP contribution in [0.15, 0.2) is 18.2 Å². The molecule has 0 radical (unpaired) electrons. The first-order valence-electron chi connectivity index (χ1n) is 5.33. The van der Waals surface area contributed by atoms with Crippen molar-refractivity contribution in [1.29, 1.82) is 0 Å². The van der Waals surface area contributed by atoms with Gasteiger partial charge in [-0.1, -0.05) is 24.6 Å². The van der Waals surface area contributed by atoms with Crippen LogP contribution in [-0.4, -0.2) is 6.54 Å². The van der Waals surface area contributed by atoms with Gasteiger partial charge in [-0.15, -0.1) is 0 Å². The van der Waals surface area contributed by atoms with Gasteiger partial charge < -0.3 is 5.32 Å². The Kier molecular flexibility index (Phi) is 3.09.